The average Bonchev–Trinajstić information content (AvgIpc) is 3.30. The zero-order valence-corrected chi connectivity index (χ0v) is 14.7. The molecule has 1 aliphatic heterocycles. The van der Waals surface area contributed by atoms with Gasteiger partial charge in [0.1, 0.15) is 12.7 Å². The number of nitrogens with one attached hydrogen (secondary N) is 2. The molecule has 25 heavy (non-hydrogen) atoms. The Morgan fingerprint density at radius 2 is 2.12 bits per heavy atom. The molecule has 2 N–H and O–H groups in total. The molecule has 1 aromatic heterocycles. The Balaban J connectivity index is 1.46. The summed E-state index contributed by atoms with van der Waals surface area (Å²) in [6.45, 7) is 7.38. The quantitative estimate of drug-likeness (QED) is 0.799. The van der Waals surface area contributed by atoms with Crippen LogP contribution in [0.1, 0.15) is 24.5 Å². The fourth-order valence-electron chi connectivity index (χ4n) is 3.21. The van der Waals surface area contributed by atoms with Gasteiger partial charge in [-0.3, -0.25) is 0 Å². The minimum Gasteiger partial charge on any atom is -0.338 e. The molecule has 3 rings (SSSR count). The van der Waals surface area contributed by atoms with Crippen molar-refractivity contribution in [1.82, 2.24) is 30.3 Å². The lowest BCUT2D eigenvalue weighted by Gasteiger charge is -2.15. The normalized spacial score (nSPS) is 17.6. The van der Waals surface area contributed by atoms with Gasteiger partial charge in [-0.25, -0.2) is 14.5 Å². The molecule has 0 unspecified atom stereocenters. The van der Waals surface area contributed by atoms with E-state index in [1.54, 1.807) is 11.0 Å². The summed E-state index contributed by atoms with van der Waals surface area (Å²) in [5.41, 5.74) is 2.22. The average molecular weight is 342 g/mol. The summed E-state index contributed by atoms with van der Waals surface area (Å²) in [5, 5.41) is 10.1. The van der Waals surface area contributed by atoms with Crippen molar-refractivity contribution in [3.8, 4) is 0 Å². The zero-order valence-electron chi connectivity index (χ0n) is 14.7. The Morgan fingerprint density at radius 1 is 1.28 bits per heavy atom. The molecule has 1 atom stereocenters. The third-order valence-electron chi connectivity index (χ3n) is 4.73. The van der Waals surface area contributed by atoms with Gasteiger partial charge in [0.05, 0.1) is 6.54 Å². The molecule has 2 heterocycles. The van der Waals surface area contributed by atoms with E-state index in [0.717, 1.165) is 43.7 Å². The highest BCUT2D eigenvalue weighted by molar-refractivity contribution is 5.73. The predicted molar refractivity (Wildman–Crippen MR) is 96.0 cm³/mol. The minimum atomic E-state index is -0.106. The van der Waals surface area contributed by atoms with Crippen molar-refractivity contribution in [2.75, 3.05) is 26.2 Å². The second-order valence-corrected chi connectivity index (χ2v) is 6.47. The Bertz CT molecular complexity index is 672. The number of benzene rings is 1. The first kappa shape index (κ1) is 17.4. The van der Waals surface area contributed by atoms with Crippen LogP contribution in [-0.2, 0) is 13.1 Å². The SMILES string of the molecule is CCN1CC[C@H](CNC(=O)NCc2ccccc2Cn2cncn2)C1. The van der Waals surface area contributed by atoms with Crippen LogP contribution < -0.4 is 10.6 Å². The van der Waals surface area contributed by atoms with Crippen LogP contribution in [0.4, 0.5) is 4.79 Å². The highest BCUT2D eigenvalue weighted by Crippen LogP contribution is 2.14. The summed E-state index contributed by atoms with van der Waals surface area (Å²) in [6.07, 6.45) is 4.38. The number of carbonyl (C=O) groups excluding carboxylic acids is 1. The Kier molecular flexibility index (Phi) is 6.00. The molecular weight excluding hydrogens is 316 g/mol. The number of carbonyl (C=O) groups is 1. The lowest BCUT2D eigenvalue weighted by molar-refractivity contribution is 0.238. The second-order valence-electron chi connectivity index (χ2n) is 6.47. The molecule has 1 aromatic carbocycles. The summed E-state index contributed by atoms with van der Waals surface area (Å²) < 4.78 is 1.78. The topological polar surface area (TPSA) is 75.1 Å². The van der Waals surface area contributed by atoms with Crippen LogP contribution in [0.3, 0.4) is 0 Å². The summed E-state index contributed by atoms with van der Waals surface area (Å²) in [5.74, 6) is 0.560. The number of amides is 2. The molecule has 0 spiro atoms. The van der Waals surface area contributed by atoms with Crippen LogP contribution in [0.15, 0.2) is 36.9 Å². The molecule has 1 fully saturated rings. The van der Waals surface area contributed by atoms with Crippen LogP contribution in [0.5, 0.6) is 0 Å². The number of rotatable bonds is 7. The minimum absolute atomic E-state index is 0.106. The molecule has 134 valence electrons. The molecule has 0 radical (unpaired) electrons. The highest BCUT2D eigenvalue weighted by Gasteiger charge is 2.21. The van der Waals surface area contributed by atoms with E-state index in [9.17, 15) is 4.79 Å². The van der Waals surface area contributed by atoms with Crippen LogP contribution in [0, 0.1) is 5.92 Å². The lowest BCUT2D eigenvalue weighted by Crippen LogP contribution is -2.38. The first-order valence-electron chi connectivity index (χ1n) is 8.88. The fourth-order valence-corrected chi connectivity index (χ4v) is 3.21. The third kappa shape index (κ3) is 5.03. The van der Waals surface area contributed by atoms with Crippen LogP contribution in [0.2, 0.25) is 0 Å². The molecule has 0 aliphatic carbocycles. The summed E-state index contributed by atoms with van der Waals surface area (Å²) in [7, 11) is 0. The van der Waals surface area contributed by atoms with Gasteiger partial charge in [0.2, 0.25) is 0 Å². The maximum atomic E-state index is 12.1. The van der Waals surface area contributed by atoms with Crippen molar-refractivity contribution < 1.29 is 4.79 Å². The maximum absolute atomic E-state index is 12.1. The Morgan fingerprint density at radius 3 is 2.84 bits per heavy atom. The largest absolute Gasteiger partial charge is 0.338 e. The van der Waals surface area contributed by atoms with Gasteiger partial charge in [0, 0.05) is 19.6 Å². The van der Waals surface area contributed by atoms with E-state index in [4.69, 9.17) is 0 Å². The third-order valence-corrected chi connectivity index (χ3v) is 4.73. The van der Waals surface area contributed by atoms with Gasteiger partial charge >= 0.3 is 6.03 Å². The van der Waals surface area contributed by atoms with E-state index in [-0.39, 0.29) is 6.03 Å². The van der Waals surface area contributed by atoms with E-state index in [1.807, 2.05) is 18.2 Å². The van der Waals surface area contributed by atoms with Crippen molar-refractivity contribution in [3.63, 3.8) is 0 Å². The van der Waals surface area contributed by atoms with E-state index < -0.39 is 0 Å². The van der Waals surface area contributed by atoms with Crippen molar-refractivity contribution in [2.45, 2.75) is 26.4 Å². The molecule has 2 amide bonds. The highest BCUT2D eigenvalue weighted by atomic mass is 16.2. The molecule has 0 bridgehead atoms. The molecular formula is C18H26N6O. The van der Waals surface area contributed by atoms with Gasteiger partial charge in [0.15, 0.2) is 0 Å². The summed E-state index contributed by atoms with van der Waals surface area (Å²) >= 11 is 0. The Hall–Kier alpha value is -2.41. The van der Waals surface area contributed by atoms with Gasteiger partial charge in [0.25, 0.3) is 0 Å². The van der Waals surface area contributed by atoms with Gasteiger partial charge in [-0.15, -0.1) is 0 Å². The molecule has 1 saturated heterocycles. The van der Waals surface area contributed by atoms with Gasteiger partial charge < -0.3 is 15.5 Å². The molecule has 7 nitrogen and oxygen atoms in total. The summed E-state index contributed by atoms with van der Waals surface area (Å²) in [6, 6.07) is 7.95. The molecule has 7 heteroatoms. The first-order chi connectivity index (χ1) is 12.2. The molecule has 1 aliphatic rings. The van der Waals surface area contributed by atoms with E-state index in [2.05, 4.69) is 38.6 Å². The maximum Gasteiger partial charge on any atom is 0.315 e. The van der Waals surface area contributed by atoms with Crippen LogP contribution >= 0.6 is 0 Å². The standard InChI is InChI=1S/C18H26N6O/c1-2-23-8-7-15(11-23)9-20-18(25)21-10-16-5-3-4-6-17(16)12-24-14-19-13-22-24/h3-6,13-15H,2,7-12H2,1H3,(H2,20,21,25)/t15-/m1/s1. The molecule has 2 aromatic rings. The van der Waals surface area contributed by atoms with Crippen molar-refractivity contribution in [3.05, 3.63) is 48.0 Å². The number of hydrogen-bond donors (Lipinski definition) is 2. The smallest absolute Gasteiger partial charge is 0.315 e. The summed E-state index contributed by atoms with van der Waals surface area (Å²) in [4.78, 5) is 18.5. The predicted octanol–water partition coefficient (Wildman–Crippen LogP) is 1.47. The first-order valence-corrected chi connectivity index (χ1v) is 8.88. The van der Waals surface area contributed by atoms with E-state index in [1.165, 1.54) is 6.33 Å². The van der Waals surface area contributed by atoms with Gasteiger partial charge in [-0.05, 0) is 36.6 Å². The number of nitrogens with zero attached hydrogens (tertiary/aromatic N) is 4. The van der Waals surface area contributed by atoms with Crippen molar-refractivity contribution >= 4 is 6.03 Å². The number of urea groups is 1. The Labute approximate surface area is 148 Å². The second kappa shape index (κ2) is 8.62. The van der Waals surface area contributed by atoms with Crippen molar-refractivity contribution in [2.24, 2.45) is 5.92 Å². The monoisotopic (exact) mass is 342 g/mol. The number of likely N-dealkylation sites (tertiary alicyclic amines) is 1. The van der Waals surface area contributed by atoms with Crippen molar-refractivity contribution in [1.29, 1.82) is 0 Å². The zero-order chi connectivity index (χ0) is 17.5. The van der Waals surface area contributed by atoms with Crippen LogP contribution in [-0.4, -0.2) is 51.9 Å². The van der Waals surface area contributed by atoms with Gasteiger partial charge in [-0.1, -0.05) is 31.2 Å². The van der Waals surface area contributed by atoms with E-state index >= 15 is 0 Å². The molecule has 0 saturated carbocycles. The lowest BCUT2D eigenvalue weighted by atomic mass is 10.1. The van der Waals surface area contributed by atoms with Gasteiger partial charge in [-0.2, -0.15) is 5.10 Å². The number of hydrogen-bond acceptors (Lipinski definition) is 4. The number of aromatic nitrogens is 3. The van der Waals surface area contributed by atoms with Crippen LogP contribution in [0.25, 0.3) is 0 Å². The fraction of sp³-hybridized carbons (Fsp3) is 0.500. The van der Waals surface area contributed by atoms with E-state index in [0.29, 0.717) is 19.0 Å².